The average molecular weight is 283 g/mol. The molecule has 1 rings (SSSR count). The number of nitrogens with zero attached hydrogens (tertiary/aromatic N) is 1. The van der Waals surface area contributed by atoms with Crippen LogP contribution in [0.2, 0.25) is 0 Å². The van der Waals surface area contributed by atoms with Crippen LogP contribution >= 0.6 is 0 Å². The molecule has 0 aromatic heterocycles. The van der Waals surface area contributed by atoms with Crippen molar-refractivity contribution in [3.8, 4) is 0 Å². The Hall–Kier alpha value is -1.07. The zero-order chi connectivity index (χ0) is 15.2. The van der Waals surface area contributed by atoms with Crippen LogP contribution < -0.4 is 10.9 Å². The van der Waals surface area contributed by atoms with Crippen LogP contribution in [0.1, 0.15) is 47.5 Å². The molecule has 20 heavy (non-hydrogen) atoms. The molecular formula is C15H29N3O2. The smallest absolute Gasteiger partial charge is 0.422 e. The molecule has 1 fully saturated rings. The summed E-state index contributed by atoms with van der Waals surface area (Å²) in [6.45, 7) is 12.9. The summed E-state index contributed by atoms with van der Waals surface area (Å²) in [5, 5.41) is 0. The first-order valence-electron chi connectivity index (χ1n) is 7.36. The van der Waals surface area contributed by atoms with Gasteiger partial charge in [-0.3, -0.25) is 10.3 Å². The van der Waals surface area contributed by atoms with Crippen molar-refractivity contribution in [1.29, 1.82) is 0 Å². The quantitative estimate of drug-likeness (QED) is 0.614. The molecule has 0 aliphatic carbocycles. The van der Waals surface area contributed by atoms with Gasteiger partial charge in [-0.05, 0) is 47.5 Å². The summed E-state index contributed by atoms with van der Waals surface area (Å²) >= 11 is 0. The van der Waals surface area contributed by atoms with E-state index in [1.165, 1.54) is 5.57 Å². The van der Waals surface area contributed by atoms with Gasteiger partial charge in [0.1, 0.15) is 5.60 Å². The first-order chi connectivity index (χ1) is 9.26. The van der Waals surface area contributed by atoms with Crippen LogP contribution in [0.25, 0.3) is 0 Å². The minimum Gasteiger partial charge on any atom is -0.443 e. The highest BCUT2D eigenvalue weighted by atomic mass is 16.6. The number of nitrogens with one attached hydrogen (secondary N) is 2. The van der Waals surface area contributed by atoms with Gasteiger partial charge in [0.25, 0.3) is 0 Å². The van der Waals surface area contributed by atoms with Crippen LogP contribution in [0.4, 0.5) is 4.79 Å². The number of carbonyl (C=O) groups excluding carboxylic acids is 1. The van der Waals surface area contributed by atoms with E-state index in [1.54, 1.807) is 0 Å². The maximum Gasteiger partial charge on any atom is 0.422 e. The second-order valence-electron chi connectivity index (χ2n) is 6.63. The largest absolute Gasteiger partial charge is 0.443 e. The second kappa shape index (κ2) is 7.64. The van der Waals surface area contributed by atoms with E-state index >= 15 is 0 Å². The molecule has 1 aliphatic heterocycles. The molecule has 5 heteroatoms. The van der Waals surface area contributed by atoms with E-state index in [2.05, 4.69) is 35.7 Å². The number of hydrazine groups is 1. The molecule has 1 aliphatic rings. The first kappa shape index (κ1) is 17.0. The SMILES string of the molecule is CC(C)=CCN1CCC(NNC(=O)OC(C)(C)C)CC1. The molecule has 0 unspecified atom stereocenters. The minimum absolute atomic E-state index is 0.325. The summed E-state index contributed by atoms with van der Waals surface area (Å²) in [4.78, 5) is 14.0. The van der Waals surface area contributed by atoms with Crippen LogP contribution in [-0.2, 0) is 4.74 Å². The highest BCUT2D eigenvalue weighted by Crippen LogP contribution is 2.10. The van der Waals surface area contributed by atoms with Crippen LogP contribution in [0, 0.1) is 0 Å². The lowest BCUT2D eigenvalue weighted by Crippen LogP contribution is -2.50. The molecule has 2 N–H and O–H groups in total. The lowest BCUT2D eigenvalue weighted by atomic mass is 10.1. The van der Waals surface area contributed by atoms with Crippen LogP contribution in [0.15, 0.2) is 11.6 Å². The molecule has 1 heterocycles. The Kier molecular flexibility index (Phi) is 6.49. The van der Waals surface area contributed by atoms with Gasteiger partial charge < -0.3 is 4.74 Å². The number of hydrogen-bond acceptors (Lipinski definition) is 4. The van der Waals surface area contributed by atoms with Crippen LogP contribution in [-0.4, -0.2) is 42.3 Å². The molecule has 0 radical (unpaired) electrons. The van der Waals surface area contributed by atoms with E-state index in [9.17, 15) is 4.79 Å². The molecule has 0 saturated carbocycles. The number of likely N-dealkylation sites (tertiary alicyclic amines) is 1. The van der Waals surface area contributed by atoms with Gasteiger partial charge in [-0.15, -0.1) is 0 Å². The van der Waals surface area contributed by atoms with E-state index in [4.69, 9.17) is 4.74 Å². The number of piperidine rings is 1. The molecule has 0 atom stereocenters. The van der Waals surface area contributed by atoms with Gasteiger partial charge in [0.2, 0.25) is 0 Å². The topological polar surface area (TPSA) is 53.6 Å². The summed E-state index contributed by atoms with van der Waals surface area (Å²) in [6.07, 6.45) is 3.91. The van der Waals surface area contributed by atoms with E-state index < -0.39 is 11.7 Å². The van der Waals surface area contributed by atoms with Gasteiger partial charge in [0.05, 0.1) is 0 Å². The highest BCUT2D eigenvalue weighted by molar-refractivity contribution is 5.67. The molecule has 5 nitrogen and oxygen atoms in total. The first-order valence-corrected chi connectivity index (χ1v) is 7.36. The fourth-order valence-electron chi connectivity index (χ4n) is 2.04. The summed E-state index contributed by atoms with van der Waals surface area (Å²) < 4.78 is 5.18. The third kappa shape index (κ3) is 7.50. The Morgan fingerprint density at radius 2 is 1.90 bits per heavy atom. The lowest BCUT2D eigenvalue weighted by molar-refractivity contribution is 0.0476. The fourth-order valence-corrected chi connectivity index (χ4v) is 2.04. The molecule has 1 amide bonds. The molecule has 1 saturated heterocycles. The molecule has 0 aromatic rings. The van der Waals surface area contributed by atoms with Gasteiger partial charge in [-0.2, -0.15) is 0 Å². The Balaban J connectivity index is 2.19. The fraction of sp³-hybridized carbons (Fsp3) is 0.800. The predicted molar refractivity (Wildman–Crippen MR) is 81.4 cm³/mol. The summed E-state index contributed by atoms with van der Waals surface area (Å²) in [5.41, 5.74) is 6.59. The van der Waals surface area contributed by atoms with E-state index in [1.807, 2.05) is 20.8 Å². The van der Waals surface area contributed by atoms with Crippen molar-refractivity contribution >= 4 is 6.09 Å². The average Bonchev–Trinajstić information content (AvgIpc) is 2.33. The Labute approximate surface area is 122 Å². The van der Waals surface area contributed by atoms with E-state index in [0.717, 1.165) is 32.5 Å². The van der Waals surface area contributed by atoms with Crippen molar-refractivity contribution in [2.45, 2.75) is 59.1 Å². The third-order valence-corrected chi connectivity index (χ3v) is 3.12. The molecule has 0 bridgehead atoms. The zero-order valence-corrected chi connectivity index (χ0v) is 13.5. The maximum absolute atomic E-state index is 11.5. The number of rotatable bonds is 4. The minimum atomic E-state index is -0.459. The molecule has 0 aromatic carbocycles. The number of ether oxygens (including phenoxy) is 1. The van der Waals surface area contributed by atoms with Gasteiger partial charge in [-0.25, -0.2) is 10.2 Å². The van der Waals surface area contributed by atoms with Crippen molar-refractivity contribution in [3.05, 3.63) is 11.6 Å². The van der Waals surface area contributed by atoms with Crippen LogP contribution in [0.3, 0.4) is 0 Å². The predicted octanol–water partition coefficient (Wildman–Crippen LogP) is 2.45. The lowest BCUT2D eigenvalue weighted by Gasteiger charge is -2.32. The van der Waals surface area contributed by atoms with Gasteiger partial charge in [0.15, 0.2) is 0 Å². The number of hydrogen-bond donors (Lipinski definition) is 2. The summed E-state index contributed by atoms with van der Waals surface area (Å²) in [7, 11) is 0. The van der Waals surface area contributed by atoms with Crippen molar-refractivity contribution in [3.63, 3.8) is 0 Å². The monoisotopic (exact) mass is 283 g/mol. The number of carbonyl (C=O) groups is 1. The van der Waals surface area contributed by atoms with Gasteiger partial charge in [-0.1, -0.05) is 11.6 Å². The third-order valence-electron chi connectivity index (χ3n) is 3.12. The van der Waals surface area contributed by atoms with E-state index in [-0.39, 0.29) is 0 Å². The van der Waals surface area contributed by atoms with Gasteiger partial charge >= 0.3 is 6.09 Å². The Bertz CT molecular complexity index is 336. The van der Waals surface area contributed by atoms with E-state index in [0.29, 0.717) is 6.04 Å². The summed E-state index contributed by atoms with van der Waals surface area (Å²) in [5.74, 6) is 0. The standard InChI is InChI=1S/C15H29N3O2/c1-12(2)6-9-18-10-7-13(8-11-18)16-17-14(19)20-15(3,4)5/h6,13,16H,7-11H2,1-5H3,(H,17,19). The van der Waals surface area contributed by atoms with Crippen molar-refractivity contribution < 1.29 is 9.53 Å². The number of allylic oxidation sites excluding steroid dienone is 1. The highest BCUT2D eigenvalue weighted by Gasteiger charge is 2.20. The normalized spacial score (nSPS) is 17.6. The molecule has 0 spiro atoms. The zero-order valence-electron chi connectivity index (χ0n) is 13.5. The van der Waals surface area contributed by atoms with Gasteiger partial charge in [0, 0.05) is 25.7 Å². The Morgan fingerprint density at radius 3 is 2.40 bits per heavy atom. The summed E-state index contributed by atoms with van der Waals surface area (Å²) in [6, 6.07) is 0.325. The van der Waals surface area contributed by atoms with Crippen molar-refractivity contribution in [2.75, 3.05) is 19.6 Å². The van der Waals surface area contributed by atoms with Crippen LogP contribution in [0.5, 0.6) is 0 Å². The van der Waals surface area contributed by atoms with Crippen molar-refractivity contribution in [2.24, 2.45) is 0 Å². The second-order valence-corrected chi connectivity index (χ2v) is 6.63. The Morgan fingerprint density at radius 1 is 1.30 bits per heavy atom. The molecular weight excluding hydrogens is 254 g/mol. The molecule has 116 valence electrons. The maximum atomic E-state index is 11.5. The number of amides is 1. The van der Waals surface area contributed by atoms with Crippen molar-refractivity contribution in [1.82, 2.24) is 15.8 Å².